The number of alkyl halides is 1. The minimum atomic E-state index is -0.0131. The van der Waals surface area contributed by atoms with Crippen LogP contribution in [0.2, 0.25) is 0 Å². The maximum absolute atomic E-state index is 11.7. The molecule has 135 valence electrons. The average Bonchev–Trinajstić information content (AvgIpc) is 2.59. The van der Waals surface area contributed by atoms with Gasteiger partial charge in [0.25, 0.3) is 0 Å². The second-order valence-corrected chi connectivity index (χ2v) is 5.85. The van der Waals surface area contributed by atoms with Crippen LogP contribution in [0, 0.1) is 0 Å². The fourth-order valence-corrected chi connectivity index (χ4v) is 2.44. The summed E-state index contributed by atoms with van der Waals surface area (Å²) in [6.45, 7) is 0.628. The summed E-state index contributed by atoms with van der Waals surface area (Å²) in [5.74, 6) is 0.562. The number of allylic oxidation sites excluding steroid dienone is 10. The first-order chi connectivity index (χ1) is 11.7. The molecule has 0 aliphatic heterocycles. The summed E-state index contributed by atoms with van der Waals surface area (Å²) >= 11 is 5.78. The molecule has 0 aromatic carbocycles. The van der Waals surface area contributed by atoms with E-state index in [1.54, 1.807) is 42.8 Å². The first kappa shape index (κ1) is 25.2. The fraction of sp³-hybridized carbons (Fsp3) is 0.263. The number of ketones is 2. The summed E-state index contributed by atoms with van der Waals surface area (Å²) < 4.78 is 0. The van der Waals surface area contributed by atoms with E-state index in [0.29, 0.717) is 23.6 Å². The standard InChI is InChI=1S/C19H21ClN2O2.Co.Na/c20-11-5-8-17(22-13-16-7-2-4-10-19(16)24)14-21-12-15-6-1-3-9-18(15)23;;/h1-4,6-7,9-10,12-13,17,21-22H,5,8,11,14H2;;/q;;+1/b15-12-,16-13-;;. The zero-order valence-electron chi connectivity index (χ0n) is 14.7. The molecule has 1 atom stereocenters. The van der Waals surface area contributed by atoms with Crippen LogP contribution >= 0.6 is 11.6 Å². The first-order valence-corrected chi connectivity index (χ1v) is 8.48. The molecule has 26 heavy (non-hydrogen) atoms. The van der Waals surface area contributed by atoms with Gasteiger partial charge in [-0.1, -0.05) is 24.3 Å². The molecule has 0 aromatic rings. The van der Waals surface area contributed by atoms with E-state index in [9.17, 15) is 9.59 Å². The molecule has 2 aliphatic carbocycles. The molecule has 0 saturated heterocycles. The van der Waals surface area contributed by atoms with Crippen molar-refractivity contribution in [2.75, 3.05) is 12.4 Å². The number of carbonyl (C=O) groups excluding carboxylic acids is 2. The van der Waals surface area contributed by atoms with Gasteiger partial charge in [0.2, 0.25) is 0 Å². The third-order valence-corrected chi connectivity index (χ3v) is 3.89. The molecule has 2 N–H and O–H groups in total. The smallest absolute Gasteiger partial charge is 0.388 e. The van der Waals surface area contributed by atoms with E-state index in [2.05, 4.69) is 10.6 Å². The second kappa shape index (κ2) is 14.3. The van der Waals surface area contributed by atoms with Gasteiger partial charge in [0.15, 0.2) is 11.6 Å². The molecule has 0 aromatic heterocycles. The summed E-state index contributed by atoms with van der Waals surface area (Å²) in [7, 11) is 0. The molecule has 0 spiro atoms. The van der Waals surface area contributed by atoms with Crippen LogP contribution in [0.5, 0.6) is 0 Å². The molecule has 2 aliphatic rings. The van der Waals surface area contributed by atoms with Crippen LogP contribution in [0.25, 0.3) is 0 Å². The maximum Gasteiger partial charge on any atom is 1.00 e. The molecule has 0 bridgehead atoms. The van der Waals surface area contributed by atoms with Gasteiger partial charge in [-0.2, -0.15) is 0 Å². The van der Waals surface area contributed by atoms with Gasteiger partial charge >= 0.3 is 29.6 Å². The quantitative estimate of drug-likeness (QED) is 0.318. The van der Waals surface area contributed by atoms with Crippen LogP contribution in [0.1, 0.15) is 12.8 Å². The molecular formula is C19H21ClCoN2NaO2+. The van der Waals surface area contributed by atoms with E-state index < -0.39 is 0 Å². The van der Waals surface area contributed by atoms with Crippen LogP contribution in [0.3, 0.4) is 0 Å². The predicted octanol–water partition coefficient (Wildman–Crippen LogP) is -0.287. The molecule has 4 nitrogen and oxygen atoms in total. The number of halogens is 1. The van der Waals surface area contributed by atoms with Gasteiger partial charge in [0.05, 0.1) is 0 Å². The summed E-state index contributed by atoms with van der Waals surface area (Å²) in [6.07, 6.45) is 18.9. The van der Waals surface area contributed by atoms with Crippen molar-refractivity contribution >= 4 is 23.2 Å². The molecule has 0 saturated carbocycles. The number of carbonyl (C=O) groups is 2. The number of hydrogen-bond acceptors (Lipinski definition) is 4. The van der Waals surface area contributed by atoms with E-state index >= 15 is 0 Å². The Morgan fingerprint density at radius 2 is 1.46 bits per heavy atom. The monoisotopic (exact) mass is 426 g/mol. The largest absolute Gasteiger partial charge is 1.00 e. The second-order valence-electron chi connectivity index (χ2n) is 5.47. The third kappa shape index (κ3) is 8.71. The van der Waals surface area contributed by atoms with E-state index in [1.807, 2.05) is 12.2 Å². The van der Waals surface area contributed by atoms with Crippen LogP contribution in [0.15, 0.2) is 72.2 Å². The van der Waals surface area contributed by atoms with Crippen molar-refractivity contribution < 1.29 is 55.9 Å². The Bertz CT molecular complexity index is 666. The van der Waals surface area contributed by atoms with Crippen LogP contribution in [-0.4, -0.2) is 30.0 Å². The molecule has 1 unspecified atom stereocenters. The van der Waals surface area contributed by atoms with Crippen molar-refractivity contribution in [1.82, 2.24) is 10.6 Å². The number of nitrogens with one attached hydrogen (secondary N) is 2. The van der Waals surface area contributed by atoms with E-state index in [0.717, 1.165) is 12.8 Å². The SMILES string of the molecule is O=C1C=CC=C/C1=C/NCC(CCCCl)N/C=C1/C=CC=CC1=O.[Co].[Na+]. The molecule has 0 heterocycles. The summed E-state index contributed by atoms with van der Waals surface area (Å²) in [5.41, 5.74) is 1.25. The Morgan fingerprint density at radius 1 is 0.923 bits per heavy atom. The van der Waals surface area contributed by atoms with Crippen molar-refractivity contribution in [2.45, 2.75) is 18.9 Å². The Labute approximate surface area is 192 Å². The van der Waals surface area contributed by atoms with Gasteiger partial charge in [0.1, 0.15) is 0 Å². The van der Waals surface area contributed by atoms with E-state index in [-0.39, 0.29) is 63.9 Å². The number of rotatable bonds is 8. The van der Waals surface area contributed by atoms with Gasteiger partial charge in [-0.05, 0) is 37.1 Å². The van der Waals surface area contributed by atoms with Crippen molar-refractivity contribution in [3.05, 3.63) is 72.2 Å². The average molecular weight is 427 g/mol. The predicted molar refractivity (Wildman–Crippen MR) is 97.6 cm³/mol. The summed E-state index contributed by atoms with van der Waals surface area (Å²) in [4.78, 5) is 23.4. The van der Waals surface area contributed by atoms with E-state index in [1.165, 1.54) is 6.08 Å². The van der Waals surface area contributed by atoms with Crippen molar-refractivity contribution in [3.8, 4) is 0 Å². The Morgan fingerprint density at radius 3 is 2.00 bits per heavy atom. The first-order valence-electron chi connectivity index (χ1n) is 7.94. The molecule has 0 fully saturated rings. The normalized spacial score (nSPS) is 19.3. The van der Waals surface area contributed by atoms with Crippen molar-refractivity contribution in [1.29, 1.82) is 0 Å². The van der Waals surface area contributed by atoms with Gasteiger partial charge in [-0.25, -0.2) is 0 Å². The minimum Gasteiger partial charge on any atom is -0.388 e. The zero-order valence-corrected chi connectivity index (χ0v) is 18.5. The van der Waals surface area contributed by atoms with Gasteiger partial charge in [0, 0.05) is 58.8 Å². The van der Waals surface area contributed by atoms with Crippen LogP contribution in [0.4, 0.5) is 0 Å². The Kier molecular flexibility index (Phi) is 13.8. The molecule has 1 radical (unpaired) electrons. The van der Waals surface area contributed by atoms with Gasteiger partial charge in [-0.15, -0.1) is 11.6 Å². The maximum atomic E-state index is 11.7. The van der Waals surface area contributed by atoms with Gasteiger partial charge in [-0.3, -0.25) is 9.59 Å². The number of hydrogen-bond donors (Lipinski definition) is 2. The van der Waals surface area contributed by atoms with Crippen LogP contribution < -0.4 is 40.2 Å². The van der Waals surface area contributed by atoms with Crippen molar-refractivity contribution in [2.24, 2.45) is 0 Å². The van der Waals surface area contributed by atoms with E-state index in [4.69, 9.17) is 11.6 Å². The zero-order chi connectivity index (χ0) is 17.2. The molecule has 0 amide bonds. The Hall–Kier alpha value is -0.824. The summed E-state index contributed by atoms with van der Waals surface area (Å²) in [6, 6.07) is 0.110. The molecule has 7 heteroatoms. The minimum absolute atomic E-state index is 0. The summed E-state index contributed by atoms with van der Waals surface area (Å²) in [5, 5.41) is 6.44. The Balaban J connectivity index is 0.00000312. The molecule has 2 rings (SSSR count). The topological polar surface area (TPSA) is 58.2 Å². The van der Waals surface area contributed by atoms with Crippen LogP contribution in [-0.2, 0) is 26.4 Å². The third-order valence-electron chi connectivity index (χ3n) is 3.62. The van der Waals surface area contributed by atoms with Gasteiger partial charge < -0.3 is 10.6 Å². The fourth-order valence-electron chi connectivity index (χ4n) is 2.29. The molecular weight excluding hydrogens is 406 g/mol. The van der Waals surface area contributed by atoms with Crippen molar-refractivity contribution in [3.63, 3.8) is 0 Å².